The van der Waals surface area contributed by atoms with Gasteiger partial charge in [-0.2, -0.15) is 0 Å². The van der Waals surface area contributed by atoms with Crippen molar-refractivity contribution in [3.63, 3.8) is 0 Å². The van der Waals surface area contributed by atoms with Gasteiger partial charge in [-0.25, -0.2) is 4.13 Å². The van der Waals surface area contributed by atoms with Crippen molar-refractivity contribution in [2.24, 2.45) is 0 Å². The molecule has 38 valence electrons. The van der Waals surface area contributed by atoms with E-state index in [2.05, 4.69) is 11.1 Å². The summed E-state index contributed by atoms with van der Waals surface area (Å²) in [7, 11) is 0. The van der Waals surface area contributed by atoms with Gasteiger partial charge in [0.05, 0.1) is 0 Å². The normalized spacial score (nSPS) is 9.00. The van der Waals surface area contributed by atoms with E-state index in [-0.39, 0.29) is 0 Å². The molecule has 0 radical (unpaired) electrons. The molecule has 3 heteroatoms. The molecule has 0 fully saturated rings. The smallest absolute Gasteiger partial charge is 0.00583 e. The summed E-state index contributed by atoms with van der Waals surface area (Å²) in [6.07, 6.45) is 2.02. The summed E-state index contributed by atoms with van der Waals surface area (Å²) in [5.41, 5.74) is 0. The van der Waals surface area contributed by atoms with Crippen LogP contribution in [0.2, 0.25) is 0 Å². The van der Waals surface area contributed by atoms with Crippen molar-refractivity contribution in [1.82, 2.24) is 4.13 Å². The Labute approximate surface area is 47.5 Å². The van der Waals surface area contributed by atoms with Crippen molar-refractivity contribution in [2.45, 2.75) is 6.92 Å². The maximum atomic E-state index is 3.03. The highest BCUT2D eigenvalue weighted by Gasteiger charge is 1.72. The van der Waals surface area contributed by atoms with Gasteiger partial charge in [-0.1, -0.05) is 30.8 Å². The zero-order valence-electron chi connectivity index (χ0n) is 4.02. The maximum absolute atomic E-state index is 3.03. The van der Waals surface area contributed by atoms with Gasteiger partial charge in [0.25, 0.3) is 0 Å². The lowest BCUT2D eigenvalue weighted by molar-refractivity contribution is 1.50. The SMILES string of the molecule is CCSNSC. The van der Waals surface area contributed by atoms with Crippen LogP contribution in [-0.4, -0.2) is 12.0 Å². The predicted octanol–water partition coefficient (Wildman–Crippen LogP) is 1.52. The Bertz CT molecular complexity index is 20.8. The summed E-state index contributed by atoms with van der Waals surface area (Å²) in [6.45, 7) is 2.12. The van der Waals surface area contributed by atoms with Crippen molar-refractivity contribution in [3.05, 3.63) is 0 Å². The number of rotatable bonds is 3. The molecule has 0 aliphatic rings. The summed E-state index contributed by atoms with van der Waals surface area (Å²) in [5, 5.41) is 0. The van der Waals surface area contributed by atoms with Crippen LogP contribution in [0.25, 0.3) is 0 Å². The van der Waals surface area contributed by atoms with Crippen molar-refractivity contribution in [3.8, 4) is 0 Å². The lowest BCUT2D eigenvalue weighted by Crippen LogP contribution is -1.85. The quantitative estimate of drug-likeness (QED) is 0.451. The highest BCUT2D eigenvalue weighted by molar-refractivity contribution is 8.12. The van der Waals surface area contributed by atoms with E-state index in [1.54, 1.807) is 23.9 Å². The molecule has 6 heavy (non-hydrogen) atoms. The van der Waals surface area contributed by atoms with E-state index < -0.39 is 0 Å². The van der Waals surface area contributed by atoms with Crippen molar-refractivity contribution in [2.75, 3.05) is 12.0 Å². The fourth-order valence-electron chi connectivity index (χ4n) is 0.118. The first kappa shape index (κ1) is 6.66. The third-order valence-electron chi connectivity index (χ3n) is 0.287. The van der Waals surface area contributed by atoms with Gasteiger partial charge >= 0.3 is 0 Å². The topological polar surface area (TPSA) is 12.0 Å². The predicted molar refractivity (Wildman–Crippen MR) is 34.8 cm³/mol. The van der Waals surface area contributed by atoms with E-state index >= 15 is 0 Å². The van der Waals surface area contributed by atoms with Gasteiger partial charge in [0.15, 0.2) is 0 Å². The van der Waals surface area contributed by atoms with Gasteiger partial charge in [-0.05, 0) is 6.26 Å². The van der Waals surface area contributed by atoms with Crippen LogP contribution in [-0.2, 0) is 0 Å². The average Bonchev–Trinajstić information content (AvgIpc) is 1.61. The Balaban J connectivity index is 2.34. The summed E-state index contributed by atoms with van der Waals surface area (Å²) >= 11 is 3.36. The second-order valence-electron chi connectivity index (χ2n) is 0.720. The molecule has 0 aromatic carbocycles. The molecule has 0 atom stereocenters. The molecule has 0 aliphatic carbocycles. The van der Waals surface area contributed by atoms with Crippen LogP contribution in [0.1, 0.15) is 6.92 Å². The monoisotopic (exact) mass is 123 g/mol. The minimum absolute atomic E-state index is 1.14. The van der Waals surface area contributed by atoms with Crippen LogP contribution in [0.3, 0.4) is 0 Å². The molecule has 1 N–H and O–H groups in total. The third-order valence-corrected chi connectivity index (χ3v) is 1.71. The first-order valence-corrected chi connectivity index (χ1v) is 4.02. The standard InChI is InChI=1S/C3H9NS2/c1-3-6-4-5-2/h4H,3H2,1-2H3. The van der Waals surface area contributed by atoms with Gasteiger partial charge in [0.1, 0.15) is 0 Å². The summed E-state index contributed by atoms with van der Waals surface area (Å²) in [5.74, 6) is 1.14. The molecule has 0 aromatic rings. The lowest BCUT2D eigenvalue weighted by Gasteiger charge is -1.90. The van der Waals surface area contributed by atoms with E-state index in [9.17, 15) is 0 Å². The average molecular weight is 123 g/mol. The summed E-state index contributed by atoms with van der Waals surface area (Å²) < 4.78 is 3.03. The molecule has 0 saturated carbocycles. The molecule has 0 rings (SSSR count). The molecule has 0 heterocycles. The number of nitrogens with one attached hydrogen (secondary N) is 1. The Hall–Kier alpha value is 0.660. The van der Waals surface area contributed by atoms with Crippen LogP contribution >= 0.6 is 23.9 Å². The lowest BCUT2D eigenvalue weighted by atomic mass is 11.0. The molecule has 0 aromatic heterocycles. The minimum Gasteiger partial charge on any atom is -0.208 e. The van der Waals surface area contributed by atoms with E-state index in [4.69, 9.17) is 0 Å². The van der Waals surface area contributed by atoms with Crippen LogP contribution in [0.15, 0.2) is 0 Å². The van der Waals surface area contributed by atoms with Gasteiger partial charge in [0, 0.05) is 5.75 Å². The van der Waals surface area contributed by atoms with E-state index in [1.807, 2.05) is 6.26 Å². The van der Waals surface area contributed by atoms with Gasteiger partial charge in [-0.3, -0.25) is 0 Å². The van der Waals surface area contributed by atoms with Gasteiger partial charge in [0.2, 0.25) is 0 Å². The zero-order chi connectivity index (χ0) is 4.83. The number of hydrogen-bond acceptors (Lipinski definition) is 3. The highest BCUT2D eigenvalue weighted by atomic mass is 32.2. The first-order valence-electron chi connectivity index (χ1n) is 1.81. The van der Waals surface area contributed by atoms with Crippen molar-refractivity contribution < 1.29 is 0 Å². The Morgan fingerprint density at radius 3 is 2.50 bits per heavy atom. The molecule has 1 nitrogen and oxygen atoms in total. The Morgan fingerprint density at radius 1 is 1.67 bits per heavy atom. The minimum atomic E-state index is 1.14. The molecular weight excluding hydrogens is 114 g/mol. The van der Waals surface area contributed by atoms with Crippen LogP contribution in [0.4, 0.5) is 0 Å². The first-order chi connectivity index (χ1) is 2.91. The summed E-state index contributed by atoms with van der Waals surface area (Å²) in [6, 6.07) is 0. The van der Waals surface area contributed by atoms with Gasteiger partial charge in [-0.15, -0.1) is 0 Å². The molecule has 0 saturated heterocycles. The Kier molecular flexibility index (Phi) is 6.28. The van der Waals surface area contributed by atoms with E-state index in [0.29, 0.717) is 0 Å². The Morgan fingerprint density at radius 2 is 2.33 bits per heavy atom. The van der Waals surface area contributed by atoms with Gasteiger partial charge < -0.3 is 0 Å². The van der Waals surface area contributed by atoms with E-state index in [0.717, 1.165) is 5.75 Å². The molecule has 0 unspecified atom stereocenters. The zero-order valence-corrected chi connectivity index (χ0v) is 5.66. The third kappa shape index (κ3) is 4.66. The molecule has 0 aliphatic heterocycles. The summed E-state index contributed by atoms with van der Waals surface area (Å²) in [4.78, 5) is 0. The van der Waals surface area contributed by atoms with Crippen LogP contribution in [0, 0.1) is 0 Å². The van der Waals surface area contributed by atoms with Crippen molar-refractivity contribution >= 4 is 23.9 Å². The fraction of sp³-hybridized carbons (Fsp3) is 1.00. The fourth-order valence-corrected chi connectivity index (χ4v) is 1.06. The molecule has 0 bridgehead atoms. The molecular formula is C3H9NS2. The van der Waals surface area contributed by atoms with Crippen molar-refractivity contribution in [1.29, 1.82) is 0 Å². The second-order valence-corrected chi connectivity index (χ2v) is 2.66. The van der Waals surface area contributed by atoms with E-state index in [1.165, 1.54) is 0 Å². The van der Waals surface area contributed by atoms with Crippen LogP contribution in [0.5, 0.6) is 0 Å². The molecule has 0 spiro atoms. The molecule has 0 amide bonds. The number of hydrogen-bond donors (Lipinski definition) is 1. The second kappa shape index (κ2) is 5.66. The van der Waals surface area contributed by atoms with Crippen LogP contribution < -0.4 is 4.13 Å². The largest absolute Gasteiger partial charge is 0.208 e. The maximum Gasteiger partial charge on any atom is 0.00583 e. The highest BCUT2D eigenvalue weighted by Crippen LogP contribution is 1.95.